The molecule has 0 spiro atoms. The number of hydroxylamine groups is 3. The second-order valence-electron chi connectivity index (χ2n) is 9.18. The average Bonchev–Trinajstić information content (AvgIpc) is 2.84. The van der Waals surface area contributed by atoms with Crippen LogP contribution in [0.25, 0.3) is 0 Å². The van der Waals surface area contributed by atoms with E-state index in [4.69, 9.17) is 11.6 Å². The van der Waals surface area contributed by atoms with Crippen LogP contribution in [-0.2, 0) is 16.6 Å². The predicted octanol–water partition coefficient (Wildman–Crippen LogP) is 3.52. The number of hydrogen-bond acceptors (Lipinski definition) is 8. The Morgan fingerprint density at radius 2 is 1.75 bits per heavy atom. The van der Waals surface area contributed by atoms with E-state index >= 15 is 0 Å². The molecule has 12 heteroatoms. The molecule has 1 fully saturated rings. The van der Waals surface area contributed by atoms with Gasteiger partial charge in [-0.2, -0.15) is 9.63 Å². The highest BCUT2D eigenvalue weighted by Crippen LogP contribution is 2.30. The Bertz CT molecular complexity index is 1310. The van der Waals surface area contributed by atoms with Crippen molar-refractivity contribution in [2.24, 2.45) is 0 Å². The number of para-hydroxylation sites is 1. The smallest absolute Gasteiger partial charge is 0.244 e. The summed E-state index contributed by atoms with van der Waals surface area (Å²) in [4.78, 5) is 11.1. The number of anilines is 4. The Labute approximate surface area is 216 Å². The average molecular weight is 533 g/mol. The van der Waals surface area contributed by atoms with Gasteiger partial charge in [0.1, 0.15) is 23.0 Å². The van der Waals surface area contributed by atoms with Crippen LogP contribution in [0.3, 0.4) is 0 Å². The fourth-order valence-electron chi connectivity index (χ4n) is 3.81. The highest BCUT2D eigenvalue weighted by molar-refractivity contribution is 7.89. The number of quaternary nitrogens is 1. The monoisotopic (exact) mass is 532 g/mol. The molecule has 1 saturated heterocycles. The van der Waals surface area contributed by atoms with Crippen molar-refractivity contribution in [2.75, 3.05) is 58.0 Å². The molecule has 192 valence electrons. The molecule has 3 aromatic rings. The van der Waals surface area contributed by atoms with Crippen LogP contribution in [0, 0.1) is 0 Å². The number of hydrogen-bond donors (Lipinski definition) is 3. The largest absolute Gasteiger partial charge is 0.338 e. The minimum Gasteiger partial charge on any atom is -0.338 e. The Balaban J connectivity index is 1.46. The van der Waals surface area contributed by atoms with Crippen molar-refractivity contribution in [3.8, 4) is 0 Å². The van der Waals surface area contributed by atoms with E-state index in [9.17, 15) is 13.6 Å². The Morgan fingerprint density at radius 1 is 1.08 bits per heavy atom. The number of piperazine rings is 1. The lowest BCUT2D eigenvalue weighted by Crippen LogP contribution is -2.54. The molecule has 3 N–H and O–H groups in total. The normalized spacial score (nSPS) is 16.2. The molecule has 0 atom stereocenters. The lowest BCUT2D eigenvalue weighted by Gasteiger charge is -2.35. The molecule has 1 aliphatic heterocycles. The van der Waals surface area contributed by atoms with Crippen molar-refractivity contribution < 1.29 is 18.3 Å². The van der Waals surface area contributed by atoms with Crippen molar-refractivity contribution in [3.63, 3.8) is 0 Å². The molecule has 4 rings (SSSR count). The lowest BCUT2D eigenvalue weighted by atomic mass is 10.2. The summed E-state index contributed by atoms with van der Waals surface area (Å²) in [6.07, 6.45) is 1.46. The molecule has 0 bridgehead atoms. The summed E-state index contributed by atoms with van der Waals surface area (Å²) >= 11 is 6.31. The van der Waals surface area contributed by atoms with Crippen LogP contribution >= 0.6 is 11.6 Å². The zero-order valence-electron chi connectivity index (χ0n) is 20.5. The van der Waals surface area contributed by atoms with Crippen LogP contribution in [0.1, 0.15) is 5.56 Å². The molecular weight excluding hydrogens is 502 g/mol. The van der Waals surface area contributed by atoms with Crippen LogP contribution in [0.4, 0.5) is 23.1 Å². The molecule has 1 aliphatic rings. The molecule has 1 aromatic heterocycles. The molecule has 0 saturated carbocycles. The van der Waals surface area contributed by atoms with Crippen LogP contribution in [0.2, 0.25) is 5.02 Å². The highest BCUT2D eigenvalue weighted by Gasteiger charge is 2.27. The predicted molar refractivity (Wildman–Crippen MR) is 140 cm³/mol. The summed E-state index contributed by atoms with van der Waals surface area (Å²) in [7, 11) is 1.13. The summed E-state index contributed by atoms with van der Waals surface area (Å²) in [6, 6.07) is 14.6. The number of nitrogens with zero attached hydrogens (tertiary/aromatic N) is 5. The SMILES string of the molecule is CN(C)S(=O)(=O)c1ccccc1Nc1nc(Nc2ccc(CN3CC[N+](C)(O)CC3)cc2)ncc1Cl. The number of halogens is 1. The van der Waals surface area contributed by atoms with Gasteiger partial charge in [-0.1, -0.05) is 35.9 Å². The van der Waals surface area contributed by atoms with Crippen LogP contribution in [0.15, 0.2) is 59.6 Å². The van der Waals surface area contributed by atoms with Crippen molar-refractivity contribution >= 4 is 44.8 Å². The second kappa shape index (κ2) is 10.7. The van der Waals surface area contributed by atoms with Crippen LogP contribution < -0.4 is 10.6 Å². The van der Waals surface area contributed by atoms with Crippen molar-refractivity contribution in [2.45, 2.75) is 11.4 Å². The van der Waals surface area contributed by atoms with Gasteiger partial charge >= 0.3 is 0 Å². The van der Waals surface area contributed by atoms with E-state index in [0.29, 0.717) is 11.6 Å². The van der Waals surface area contributed by atoms with E-state index in [1.165, 1.54) is 31.9 Å². The van der Waals surface area contributed by atoms with E-state index in [0.717, 1.165) is 42.7 Å². The van der Waals surface area contributed by atoms with E-state index in [1.54, 1.807) is 18.2 Å². The fourth-order valence-corrected chi connectivity index (χ4v) is 4.99. The van der Waals surface area contributed by atoms with Gasteiger partial charge in [0.2, 0.25) is 16.0 Å². The van der Waals surface area contributed by atoms with Crippen LogP contribution in [-0.4, -0.2) is 84.8 Å². The third-order valence-corrected chi connectivity index (χ3v) is 8.20. The van der Waals surface area contributed by atoms with Crippen molar-refractivity contribution in [1.82, 2.24) is 19.2 Å². The van der Waals surface area contributed by atoms with Crippen LogP contribution in [0.5, 0.6) is 0 Å². The van der Waals surface area contributed by atoms with Crippen molar-refractivity contribution in [1.29, 1.82) is 0 Å². The summed E-state index contributed by atoms with van der Waals surface area (Å²) in [6.45, 7) is 3.95. The fraction of sp³-hybridized carbons (Fsp3) is 0.333. The number of likely N-dealkylation sites (N-methyl/N-ethyl adjacent to an activating group) is 1. The third kappa shape index (κ3) is 6.30. The Kier molecular flexibility index (Phi) is 7.79. The number of rotatable bonds is 8. The third-order valence-electron chi connectivity index (χ3n) is 6.06. The summed E-state index contributed by atoms with van der Waals surface area (Å²) in [5, 5.41) is 16.5. The molecule has 2 aromatic carbocycles. The number of sulfonamides is 1. The maximum absolute atomic E-state index is 12.7. The molecule has 0 amide bonds. The van der Waals surface area contributed by atoms with Gasteiger partial charge in [0.25, 0.3) is 0 Å². The zero-order valence-corrected chi connectivity index (χ0v) is 22.1. The molecule has 0 unspecified atom stereocenters. The number of nitrogens with one attached hydrogen (secondary N) is 2. The number of aromatic nitrogens is 2. The standard InChI is InChI=1S/C24H31ClN7O3S/c1-30(2)36(34,35)22-7-5-4-6-21(22)28-23-20(25)16-26-24(29-23)27-19-10-8-18(9-11-19)17-31-12-14-32(3,33)15-13-31/h4-11,16,33H,12-15,17H2,1-3H3,(H2,26,27,28,29)/q+1. The summed E-state index contributed by atoms with van der Waals surface area (Å²) in [5.74, 6) is 0.602. The van der Waals surface area contributed by atoms with Gasteiger partial charge in [-0.25, -0.2) is 22.9 Å². The Morgan fingerprint density at radius 3 is 2.42 bits per heavy atom. The first-order valence-corrected chi connectivity index (χ1v) is 13.3. The molecule has 2 heterocycles. The molecule has 0 aliphatic carbocycles. The van der Waals surface area contributed by atoms with Gasteiger partial charge < -0.3 is 10.6 Å². The summed E-state index contributed by atoms with van der Waals surface area (Å²) < 4.78 is 26.7. The van der Waals surface area contributed by atoms with Gasteiger partial charge in [-0.3, -0.25) is 4.90 Å². The lowest BCUT2D eigenvalue weighted by molar-refractivity contribution is -1.09. The molecule has 36 heavy (non-hydrogen) atoms. The molecule has 10 nitrogen and oxygen atoms in total. The van der Waals surface area contributed by atoms with Gasteiger partial charge in [0.05, 0.1) is 32.0 Å². The molecule has 0 radical (unpaired) electrons. The Hall–Kier alpha value is -2.80. The topological polar surface area (TPSA) is 111 Å². The summed E-state index contributed by atoms with van der Waals surface area (Å²) in [5.41, 5.74) is 2.34. The minimum atomic E-state index is -3.67. The number of benzene rings is 2. The first-order chi connectivity index (χ1) is 17.0. The highest BCUT2D eigenvalue weighted by atomic mass is 35.5. The minimum absolute atomic E-state index is 0.0777. The van der Waals surface area contributed by atoms with E-state index in [-0.39, 0.29) is 20.4 Å². The van der Waals surface area contributed by atoms with Gasteiger partial charge in [0, 0.05) is 26.3 Å². The van der Waals surface area contributed by atoms with Gasteiger partial charge in [-0.05, 0) is 29.8 Å². The van der Waals surface area contributed by atoms with Gasteiger partial charge in [0.15, 0.2) is 5.82 Å². The second-order valence-corrected chi connectivity index (χ2v) is 11.7. The van der Waals surface area contributed by atoms with Gasteiger partial charge in [-0.15, -0.1) is 0 Å². The van der Waals surface area contributed by atoms with E-state index in [2.05, 4.69) is 25.5 Å². The maximum atomic E-state index is 12.7. The van der Waals surface area contributed by atoms with E-state index in [1.807, 2.05) is 31.3 Å². The maximum Gasteiger partial charge on any atom is 0.244 e. The first kappa shape index (κ1) is 26.3. The first-order valence-electron chi connectivity index (χ1n) is 11.5. The van der Waals surface area contributed by atoms with Crippen molar-refractivity contribution in [3.05, 3.63) is 65.3 Å². The van der Waals surface area contributed by atoms with E-state index < -0.39 is 10.0 Å². The molecular formula is C24H31ClN7O3S+. The zero-order chi connectivity index (χ0) is 25.9. The quantitative estimate of drug-likeness (QED) is 0.378.